The minimum atomic E-state index is -0.201. The molecule has 0 heterocycles. The average Bonchev–Trinajstić information content (AvgIpc) is 2.87. The van der Waals surface area contributed by atoms with Crippen molar-refractivity contribution in [1.82, 2.24) is 0 Å². The molecule has 1 aliphatic rings. The van der Waals surface area contributed by atoms with Gasteiger partial charge in [0.15, 0.2) is 0 Å². The molecule has 1 nitrogen and oxygen atoms in total. The molecule has 2 rings (SSSR count). The van der Waals surface area contributed by atoms with E-state index in [0.29, 0.717) is 5.56 Å². The predicted molar refractivity (Wildman–Crippen MR) is 58.4 cm³/mol. The van der Waals surface area contributed by atoms with E-state index in [-0.39, 0.29) is 11.9 Å². The van der Waals surface area contributed by atoms with E-state index in [1.165, 1.54) is 18.9 Å². The molecule has 1 unspecified atom stereocenters. The molecule has 1 saturated carbocycles. The summed E-state index contributed by atoms with van der Waals surface area (Å²) >= 11 is 3.23. The SMILES string of the molecule is NC(CC1CC1)c1ccc(Br)cc1F. The van der Waals surface area contributed by atoms with Crippen molar-refractivity contribution in [2.75, 3.05) is 0 Å². The first-order chi connectivity index (χ1) is 6.66. The van der Waals surface area contributed by atoms with Crippen LogP contribution in [0.25, 0.3) is 0 Å². The Morgan fingerprint density at radius 2 is 2.21 bits per heavy atom. The van der Waals surface area contributed by atoms with Crippen molar-refractivity contribution in [3.8, 4) is 0 Å². The van der Waals surface area contributed by atoms with E-state index in [1.54, 1.807) is 6.07 Å². The van der Waals surface area contributed by atoms with E-state index in [1.807, 2.05) is 6.07 Å². The summed E-state index contributed by atoms with van der Waals surface area (Å²) in [6, 6.07) is 4.94. The zero-order valence-corrected chi connectivity index (χ0v) is 9.43. The van der Waals surface area contributed by atoms with Gasteiger partial charge >= 0.3 is 0 Å². The zero-order chi connectivity index (χ0) is 10.1. The van der Waals surface area contributed by atoms with Gasteiger partial charge in [0, 0.05) is 16.1 Å². The van der Waals surface area contributed by atoms with Crippen molar-refractivity contribution in [3.05, 3.63) is 34.1 Å². The summed E-state index contributed by atoms with van der Waals surface area (Å²) in [6.45, 7) is 0. The largest absolute Gasteiger partial charge is 0.324 e. The molecule has 1 fully saturated rings. The molecule has 14 heavy (non-hydrogen) atoms. The maximum atomic E-state index is 13.5. The highest BCUT2D eigenvalue weighted by Gasteiger charge is 2.25. The fourth-order valence-corrected chi connectivity index (χ4v) is 1.97. The second kappa shape index (κ2) is 3.99. The normalized spacial score (nSPS) is 18.2. The molecular weight excluding hydrogens is 245 g/mol. The third-order valence-corrected chi connectivity index (χ3v) is 3.14. The second-order valence-electron chi connectivity index (χ2n) is 3.95. The number of hydrogen-bond donors (Lipinski definition) is 1. The molecule has 0 bridgehead atoms. The summed E-state index contributed by atoms with van der Waals surface area (Å²) < 4.78 is 14.2. The third kappa shape index (κ3) is 2.34. The Morgan fingerprint density at radius 1 is 1.50 bits per heavy atom. The quantitative estimate of drug-likeness (QED) is 0.883. The van der Waals surface area contributed by atoms with Gasteiger partial charge < -0.3 is 5.73 Å². The first kappa shape index (κ1) is 10.1. The Labute approximate surface area is 91.6 Å². The number of rotatable bonds is 3. The lowest BCUT2D eigenvalue weighted by Crippen LogP contribution is -2.12. The van der Waals surface area contributed by atoms with Crippen LogP contribution in [0.3, 0.4) is 0 Å². The summed E-state index contributed by atoms with van der Waals surface area (Å²) in [4.78, 5) is 0. The summed E-state index contributed by atoms with van der Waals surface area (Å²) in [7, 11) is 0. The molecule has 0 spiro atoms. The summed E-state index contributed by atoms with van der Waals surface area (Å²) in [6.07, 6.45) is 3.43. The maximum Gasteiger partial charge on any atom is 0.129 e. The van der Waals surface area contributed by atoms with Crippen molar-refractivity contribution in [2.24, 2.45) is 11.7 Å². The van der Waals surface area contributed by atoms with Gasteiger partial charge in [-0.3, -0.25) is 0 Å². The minimum absolute atomic E-state index is 0.143. The molecule has 1 aromatic rings. The van der Waals surface area contributed by atoms with Gasteiger partial charge in [0.2, 0.25) is 0 Å². The van der Waals surface area contributed by atoms with Gasteiger partial charge in [-0.15, -0.1) is 0 Å². The smallest absolute Gasteiger partial charge is 0.129 e. The van der Waals surface area contributed by atoms with E-state index in [0.717, 1.165) is 16.8 Å². The van der Waals surface area contributed by atoms with Gasteiger partial charge in [-0.25, -0.2) is 4.39 Å². The third-order valence-electron chi connectivity index (χ3n) is 2.65. The van der Waals surface area contributed by atoms with E-state index in [2.05, 4.69) is 15.9 Å². The van der Waals surface area contributed by atoms with E-state index < -0.39 is 0 Å². The van der Waals surface area contributed by atoms with Crippen LogP contribution in [-0.2, 0) is 0 Å². The molecule has 0 radical (unpaired) electrons. The fraction of sp³-hybridized carbons (Fsp3) is 0.455. The highest BCUT2D eigenvalue weighted by molar-refractivity contribution is 9.10. The minimum Gasteiger partial charge on any atom is -0.324 e. The molecule has 2 N–H and O–H groups in total. The van der Waals surface area contributed by atoms with Crippen molar-refractivity contribution in [3.63, 3.8) is 0 Å². The van der Waals surface area contributed by atoms with Crippen LogP contribution < -0.4 is 5.73 Å². The first-order valence-electron chi connectivity index (χ1n) is 4.87. The molecule has 0 aliphatic heterocycles. The van der Waals surface area contributed by atoms with E-state index in [9.17, 15) is 4.39 Å². The lowest BCUT2D eigenvalue weighted by molar-refractivity contribution is 0.542. The zero-order valence-electron chi connectivity index (χ0n) is 7.84. The van der Waals surface area contributed by atoms with Gasteiger partial charge in [0.05, 0.1) is 0 Å². The van der Waals surface area contributed by atoms with Crippen molar-refractivity contribution < 1.29 is 4.39 Å². The van der Waals surface area contributed by atoms with Crippen LogP contribution in [0.2, 0.25) is 0 Å². The van der Waals surface area contributed by atoms with E-state index in [4.69, 9.17) is 5.73 Å². The number of benzene rings is 1. The molecule has 1 aliphatic carbocycles. The van der Waals surface area contributed by atoms with Crippen LogP contribution in [0, 0.1) is 11.7 Å². The van der Waals surface area contributed by atoms with Gasteiger partial charge in [-0.2, -0.15) is 0 Å². The molecular formula is C11H13BrFN. The highest BCUT2D eigenvalue weighted by atomic mass is 79.9. The topological polar surface area (TPSA) is 26.0 Å². The molecule has 1 atom stereocenters. The van der Waals surface area contributed by atoms with Crippen molar-refractivity contribution >= 4 is 15.9 Å². The van der Waals surface area contributed by atoms with Crippen LogP contribution in [0.5, 0.6) is 0 Å². The van der Waals surface area contributed by atoms with E-state index >= 15 is 0 Å². The molecule has 76 valence electrons. The van der Waals surface area contributed by atoms with Crippen LogP contribution in [0.4, 0.5) is 4.39 Å². The Bertz CT molecular complexity index is 336. The fourth-order valence-electron chi connectivity index (χ4n) is 1.64. The Morgan fingerprint density at radius 3 is 2.79 bits per heavy atom. The number of nitrogens with two attached hydrogens (primary N) is 1. The lowest BCUT2D eigenvalue weighted by atomic mass is 10.0. The molecule has 1 aromatic carbocycles. The lowest BCUT2D eigenvalue weighted by Gasteiger charge is -2.12. The summed E-state index contributed by atoms with van der Waals surface area (Å²) in [5.74, 6) is 0.528. The Hall–Kier alpha value is -0.410. The standard InChI is InChI=1S/C11H13BrFN/c12-8-3-4-9(10(13)6-8)11(14)5-7-1-2-7/h3-4,6-7,11H,1-2,5,14H2. The monoisotopic (exact) mass is 257 g/mol. The average molecular weight is 258 g/mol. The molecule has 3 heteroatoms. The Balaban J connectivity index is 2.13. The summed E-state index contributed by atoms with van der Waals surface area (Å²) in [5.41, 5.74) is 6.57. The number of halogens is 2. The van der Waals surface area contributed by atoms with Crippen LogP contribution in [-0.4, -0.2) is 0 Å². The Kier molecular flexibility index (Phi) is 2.88. The molecule has 0 saturated heterocycles. The van der Waals surface area contributed by atoms with Crippen molar-refractivity contribution in [1.29, 1.82) is 0 Å². The van der Waals surface area contributed by atoms with Gasteiger partial charge in [-0.1, -0.05) is 34.8 Å². The molecule has 0 aromatic heterocycles. The van der Waals surface area contributed by atoms with Crippen LogP contribution in [0.1, 0.15) is 30.9 Å². The maximum absolute atomic E-state index is 13.5. The van der Waals surface area contributed by atoms with Crippen molar-refractivity contribution in [2.45, 2.75) is 25.3 Å². The highest BCUT2D eigenvalue weighted by Crippen LogP contribution is 2.37. The first-order valence-corrected chi connectivity index (χ1v) is 5.66. The van der Waals surface area contributed by atoms with Gasteiger partial charge in [-0.05, 0) is 24.5 Å². The van der Waals surface area contributed by atoms with Gasteiger partial charge in [0.25, 0.3) is 0 Å². The van der Waals surface area contributed by atoms with Crippen LogP contribution in [0.15, 0.2) is 22.7 Å². The van der Waals surface area contributed by atoms with Gasteiger partial charge in [0.1, 0.15) is 5.82 Å². The predicted octanol–water partition coefficient (Wildman–Crippen LogP) is 3.39. The summed E-state index contributed by atoms with van der Waals surface area (Å²) in [5, 5.41) is 0. The second-order valence-corrected chi connectivity index (χ2v) is 4.87. The van der Waals surface area contributed by atoms with Crippen LogP contribution >= 0.6 is 15.9 Å². The molecule has 0 amide bonds. The number of hydrogen-bond acceptors (Lipinski definition) is 1.